The maximum atomic E-state index is 14.2. The maximum absolute atomic E-state index is 14.2. The lowest BCUT2D eigenvalue weighted by atomic mass is 9.90. The van der Waals surface area contributed by atoms with E-state index in [9.17, 15) is 12.8 Å². The molecule has 1 fully saturated rings. The van der Waals surface area contributed by atoms with Gasteiger partial charge in [-0.05, 0) is 83.7 Å². The molecule has 42 heavy (non-hydrogen) atoms. The normalized spacial score (nSPS) is 19.2. The third kappa shape index (κ3) is 7.89. The van der Waals surface area contributed by atoms with E-state index in [1.807, 2.05) is 4.57 Å². The highest BCUT2D eigenvalue weighted by Crippen LogP contribution is 2.28. The molecule has 2 aromatic rings. The van der Waals surface area contributed by atoms with Gasteiger partial charge >= 0.3 is 0 Å². The van der Waals surface area contributed by atoms with Gasteiger partial charge in [0.2, 0.25) is 0 Å². The number of hydrogen-bond donors (Lipinski definition) is 3. The van der Waals surface area contributed by atoms with Crippen LogP contribution >= 0.6 is 9.24 Å². The predicted molar refractivity (Wildman–Crippen MR) is 172 cm³/mol. The summed E-state index contributed by atoms with van der Waals surface area (Å²) in [5, 5.41) is 9.17. The fourth-order valence-electron chi connectivity index (χ4n) is 5.67. The summed E-state index contributed by atoms with van der Waals surface area (Å²) in [6.45, 7) is 5.67. The van der Waals surface area contributed by atoms with Crippen LogP contribution in [0.1, 0.15) is 51.1 Å². The molecule has 0 saturated heterocycles. The summed E-state index contributed by atoms with van der Waals surface area (Å²) < 4.78 is 49.0. The van der Waals surface area contributed by atoms with Crippen molar-refractivity contribution in [2.75, 3.05) is 33.1 Å². The summed E-state index contributed by atoms with van der Waals surface area (Å²) in [6, 6.07) is 7.77. The topological polar surface area (TPSA) is 87.6 Å². The second-order valence-electron chi connectivity index (χ2n) is 11.2. The van der Waals surface area contributed by atoms with Gasteiger partial charge < -0.3 is 24.8 Å². The van der Waals surface area contributed by atoms with Crippen molar-refractivity contribution in [3.8, 4) is 17.6 Å². The first-order valence-electron chi connectivity index (χ1n) is 14.3. The quantitative estimate of drug-likeness (QED) is 0.266. The van der Waals surface area contributed by atoms with Crippen LogP contribution in [-0.4, -0.2) is 63.6 Å². The molecule has 1 saturated carbocycles. The number of alkyl halides is 1. The number of ether oxygens (including phenoxy) is 1. The summed E-state index contributed by atoms with van der Waals surface area (Å²) in [6.07, 6.45) is 8.68. The minimum Gasteiger partial charge on any atom is -0.495 e. The number of sulfonamides is 1. The van der Waals surface area contributed by atoms with Gasteiger partial charge in [-0.1, -0.05) is 27.8 Å². The summed E-state index contributed by atoms with van der Waals surface area (Å²) in [5.74, 6) is 5.67. The van der Waals surface area contributed by atoms with E-state index in [0.29, 0.717) is 29.2 Å². The number of aromatic nitrogens is 1. The fourth-order valence-corrected chi connectivity index (χ4v) is 6.97. The fraction of sp³-hybridized carbons (Fsp3) is 0.484. The number of nitrogens with zero attached hydrogens (tertiary/aromatic N) is 2. The third-order valence-corrected chi connectivity index (χ3v) is 9.44. The monoisotopic (exact) mass is 615 g/mol. The van der Waals surface area contributed by atoms with E-state index in [1.165, 1.54) is 37.8 Å². The molecule has 8 nitrogen and oxygen atoms in total. The number of rotatable bonds is 11. The zero-order valence-electron chi connectivity index (χ0n) is 25.0. The molecule has 3 N–H and O–H groups in total. The number of hydrogen-bond acceptors (Lipinski definition) is 6. The zero-order chi connectivity index (χ0) is 30.4. The van der Waals surface area contributed by atoms with Gasteiger partial charge in [0.1, 0.15) is 11.7 Å². The third-order valence-electron chi connectivity index (χ3n) is 7.73. The molecule has 1 aromatic carbocycles. The van der Waals surface area contributed by atoms with Gasteiger partial charge in [0.15, 0.2) is 0 Å². The molecule has 11 heteroatoms. The van der Waals surface area contributed by atoms with Crippen molar-refractivity contribution in [1.82, 2.24) is 19.5 Å². The molecule has 1 aromatic heterocycles. The van der Waals surface area contributed by atoms with E-state index in [2.05, 4.69) is 74.2 Å². The van der Waals surface area contributed by atoms with Crippen molar-refractivity contribution in [3.05, 3.63) is 52.8 Å². The van der Waals surface area contributed by atoms with E-state index < -0.39 is 15.9 Å². The lowest BCUT2D eigenvalue weighted by Gasteiger charge is -2.34. The second kappa shape index (κ2) is 14.0. The van der Waals surface area contributed by atoms with Crippen LogP contribution in [0.15, 0.2) is 41.4 Å². The highest BCUT2D eigenvalue weighted by Gasteiger charge is 2.24. The van der Waals surface area contributed by atoms with Crippen LogP contribution in [0, 0.1) is 11.8 Å². The molecular weight excluding hydrogens is 572 g/mol. The van der Waals surface area contributed by atoms with Crippen molar-refractivity contribution in [2.45, 2.75) is 74.9 Å². The lowest BCUT2D eigenvalue weighted by Crippen LogP contribution is -2.43. The molecule has 1 heterocycles. The van der Waals surface area contributed by atoms with Gasteiger partial charge in [0, 0.05) is 40.1 Å². The highest BCUT2D eigenvalue weighted by atomic mass is 32.2. The average molecular weight is 616 g/mol. The van der Waals surface area contributed by atoms with Crippen molar-refractivity contribution in [1.29, 1.82) is 0 Å². The number of benzene rings is 1. The Kier molecular flexibility index (Phi) is 10.6. The van der Waals surface area contributed by atoms with Crippen LogP contribution in [0.5, 0.6) is 5.75 Å². The Morgan fingerprint density at radius 3 is 2.64 bits per heavy atom. The van der Waals surface area contributed by atoms with Crippen LogP contribution in [0.3, 0.4) is 0 Å². The largest absolute Gasteiger partial charge is 0.495 e. The number of halogens is 1. The van der Waals surface area contributed by atoms with E-state index in [1.54, 1.807) is 13.0 Å². The Hall–Kier alpha value is -2.99. The van der Waals surface area contributed by atoms with Gasteiger partial charge in [0.05, 0.1) is 36.5 Å². The Labute approximate surface area is 251 Å². The first kappa shape index (κ1) is 31.9. The van der Waals surface area contributed by atoms with E-state index in [-0.39, 0.29) is 18.0 Å². The maximum Gasteiger partial charge on any atom is 0.261 e. The van der Waals surface area contributed by atoms with Crippen LogP contribution in [0.4, 0.5) is 10.1 Å². The molecule has 0 amide bonds. The highest BCUT2D eigenvalue weighted by molar-refractivity contribution is 7.89. The molecule has 2 unspecified atom stereocenters. The Bertz CT molecular complexity index is 1580. The second-order valence-corrected chi connectivity index (χ2v) is 13.6. The molecule has 0 aliphatic heterocycles. The number of allylic oxidation sites excluding steroid dienone is 1. The summed E-state index contributed by atoms with van der Waals surface area (Å²) in [5.41, 5.74) is 2.92. The molecule has 228 valence electrons. The van der Waals surface area contributed by atoms with Crippen LogP contribution in [0.25, 0.3) is 11.8 Å². The van der Waals surface area contributed by atoms with Crippen molar-refractivity contribution >= 4 is 36.7 Å². The number of nitrogens with one attached hydrogen (secondary N) is 3. The predicted octanol–water partition coefficient (Wildman–Crippen LogP) is 3.09. The Balaban J connectivity index is 1.54. The van der Waals surface area contributed by atoms with Gasteiger partial charge in [-0.2, -0.15) is 0 Å². The molecule has 2 aliphatic carbocycles. The summed E-state index contributed by atoms with van der Waals surface area (Å²) in [4.78, 5) is 2.40. The standard InChI is InChI=1S/C31H43FN5O3PS/c1-21(2)35-42(38,39)25-15-16-28(30(19-25)40-5)33-17-7-8-24-18-26-27(9-6-10-29(26)37(24)20-31(32)41)34-22-11-13-23(14-12-22)36(3)4/h10,15-16,18-19,22-23,31,33-35H,1,6,9,11-14,17,20,41H2,2-5H3. The van der Waals surface area contributed by atoms with Gasteiger partial charge in [-0.3, -0.25) is 4.72 Å². The molecule has 2 aliphatic rings. The zero-order valence-corrected chi connectivity index (χ0v) is 26.9. The van der Waals surface area contributed by atoms with E-state index in [0.717, 1.165) is 41.9 Å². The molecule has 0 spiro atoms. The van der Waals surface area contributed by atoms with Crippen molar-refractivity contribution < 1.29 is 17.5 Å². The SMILES string of the molecule is C=C(C)NS(=O)(=O)c1ccc(NCC#Cc2cc3c(n2CC(F)P)=CCCC=3NC2CCC(N(C)C)CC2)c(OC)c1. The molecule has 0 bridgehead atoms. The smallest absolute Gasteiger partial charge is 0.261 e. The van der Waals surface area contributed by atoms with Crippen LogP contribution in [-0.2, 0) is 16.6 Å². The molecule has 2 atom stereocenters. The van der Waals surface area contributed by atoms with Gasteiger partial charge in [-0.15, -0.1) is 0 Å². The van der Waals surface area contributed by atoms with Crippen molar-refractivity contribution in [3.63, 3.8) is 0 Å². The van der Waals surface area contributed by atoms with E-state index >= 15 is 0 Å². The van der Waals surface area contributed by atoms with Crippen LogP contribution in [0.2, 0.25) is 0 Å². The first-order valence-corrected chi connectivity index (χ1v) is 16.5. The first-order chi connectivity index (χ1) is 20.0. The minimum absolute atomic E-state index is 0.0725. The molecular formula is C31H43FN5O3PS. The van der Waals surface area contributed by atoms with Crippen LogP contribution < -0.4 is 30.7 Å². The number of fused-ring (bicyclic) bond motifs is 1. The Morgan fingerprint density at radius 2 is 2.00 bits per heavy atom. The molecule has 4 rings (SSSR count). The van der Waals surface area contributed by atoms with Gasteiger partial charge in [-0.25, -0.2) is 12.8 Å². The Morgan fingerprint density at radius 1 is 1.26 bits per heavy atom. The number of anilines is 1. The van der Waals surface area contributed by atoms with Crippen molar-refractivity contribution in [2.24, 2.45) is 0 Å². The van der Waals surface area contributed by atoms with E-state index in [4.69, 9.17) is 4.74 Å². The lowest BCUT2D eigenvalue weighted by molar-refractivity contribution is 0.210. The van der Waals surface area contributed by atoms with Gasteiger partial charge in [0.25, 0.3) is 10.0 Å². The minimum atomic E-state index is -3.74. The summed E-state index contributed by atoms with van der Waals surface area (Å²) >= 11 is 0. The molecule has 0 radical (unpaired) electrons. The average Bonchev–Trinajstić information content (AvgIpc) is 3.28. The number of methoxy groups -OCH3 is 1. The summed E-state index contributed by atoms with van der Waals surface area (Å²) in [7, 11) is 4.30.